The minimum atomic E-state index is -0.276. The van der Waals surface area contributed by atoms with Gasteiger partial charge in [0.1, 0.15) is 11.4 Å². The van der Waals surface area contributed by atoms with Crippen LogP contribution in [-0.4, -0.2) is 45.9 Å². The minimum absolute atomic E-state index is 0.0333. The van der Waals surface area contributed by atoms with Gasteiger partial charge in [0.15, 0.2) is 0 Å². The number of carbonyl (C=O) groups excluding carboxylic acids is 2. The molecule has 2 amide bonds. The van der Waals surface area contributed by atoms with Crippen LogP contribution in [0.25, 0.3) is 10.2 Å². The Labute approximate surface area is 197 Å². The van der Waals surface area contributed by atoms with Gasteiger partial charge in [-0.1, -0.05) is 25.1 Å². The first-order valence-electron chi connectivity index (χ1n) is 11.5. The maximum atomic E-state index is 13.4. The zero-order valence-electron chi connectivity index (χ0n) is 19.6. The van der Waals surface area contributed by atoms with Crippen molar-refractivity contribution in [2.45, 2.75) is 59.0 Å². The first kappa shape index (κ1) is 23.2. The second-order valence-corrected chi connectivity index (χ2v) is 9.69. The normalized spacial score (nSPS) is 16.2. The Morgan fingerprint density at radius 3 is 2.73 bits per heavy atom. The highest BCUT2D eigenvalue weighted by Gasteiger charge is 2.26. The number of hydrogen-bond acceptors (Lipinski definition) is 5. The number of nitrogens with zero attached hydrogens (tertiary/aromatic N) is 4. The molecule has 2 aromatic heterocycles. The van der Waals surface area contributed by atoms with Crippen LogP contribution in [0.4, 0.5) is 5.69 Å². The van der Waals surface area contributed by atoms with Crippen LogP contribution in [0.15, 0.2) is 35.4 Å². The van der Waals surface area contributed by atoms with E-state index in [0.29, 0.717) is 20.7 Å². The molecule has 0 saturated carbocycles. The lowest BCUT2D eigenvalue weighted by Crippen LogP contribution is -2.44. The van der Waals surface area contributed by atoms with Crippen molar-refractivity contribution in [3.8, 4) is 0 Å². The van der Waals surface area contributed by atoms with E-state index < -0.39 is 0 Å². The van der Waals surface area contributed by atoms with E-state index in [0.717, 1.165) is 43.5 Å². The van der Waals surface area contributed by atoms with E-state index in [4.69, 9.17) is 0 Å². The summed E-state index contributed by atoms with van der Waals surface area (Å²) in [5, 5.41) is 0.419. The molecule has 174 valence electrons. The standard InChI is InChI=1S/C25H30N4O3S/c1-5-18-11-6-7-12-19(18)27(4)25(32)22-17(3)21-23(33-22)26-15-28(24(21)31)14-20(30)29-13-9-8-10-16(29)2/h6-7,11-12,15-16H,5,8-10,13-14H2,1-4H3/t16-/m1/s1. The van der Waals surface area contributed by atoms with Crippen LogP contribution in [0.5, 0.6) is 0 Å². The number of likely N-dealkylation sites (tertiary alicyclic amines) is 1. The van der Waals surface area contributed by atoms with Gasteiger partial charge in [0.05, 0.1) is 16.6 Å². The van der Waals surface area contributed by atoms with E-state index in [1.54, 1.807) is 18.9 Å². The molecule has 1 fully saturated rings. The van der Waals surface area contributed by atoms with E-state index in [1.807, 2.05) is 29.2 Å². The number of benzene rings is 1. The molecule has 1 aliphatic rings. The summed E-state index contributed by atoms with van der Waals surface area (Å²) in [6, 6.07) is 8.00. The Kier molecular flexibility index (Phi) is 6.65. The molecule has 1 aromatic carbocycles. The fourth-order valence-electron chi connectivity index (χ4n) is 4.58. The largest absolute Gasteiger partial charge is 0.338 e. The molecule has 0 N–H and O–H groups in total. The number of rotatable bonds is 5. The number of aromatic nitrogens is 2. The third kappa shape index (κ3) is 4.31. The molecule has 1 atom stereocenters. The summed E-state index contributed by atoms with van der Waals surface area (Å²) in [6.07, 6.45) is 5.35. The van der Waals surface area contributed by atoms with Crippen molar-refractivity contribution in [3.05, 3.63) is 57.0 Å². The van der Waals surface area contributed by atoms with Gasteiger partial charge in [-0.25, -0.2) is 4.98 Å². The maximum Gasteiger partial charge on any atom is 0.268 e. The number of amides is 2. The van der Waals surface area contributed by atoms with Crippen molar-refractivity contribution >= 4 is 39.1 Å². The minimum Gasteiger partial charge on any atom is -0.338 e. The molecule has 0 aliphatic carbocycles. The van der Waals surface area contributed by atoms with Gasteiger partial charge < -0.3 is 9.80 Å². The van der Waals surface area contributed by atoms with Crippen molar-refractivity contribution in [1.29, 1.82) is 0 Å². The average molecular weight is 467 g/mol. The lowest BCUT2D eigenvalue weighted by molar-refractivity contribution is -0.135. The number of aryl methyl sites for hydroxylation is 2. The molecule has 0 bridgehead atoms. The van der Waals surface area contributed by atoms with Gasteiger partial charge in [-0.15, -0.1) is 11.3 Å². The quantitative estimate of drug-likeness (QED) is 0.569. The zero-order chi connectivity index (χ0) is 23.7. The highest BCUT2D eigenvalue weighted by molar-refractivity contribution is 7.20. The molecule has 4 rings (SSSR count). The molecule has 8 heteroatoms. The number of anilines is 1. The SMILES string of the molecule is CCc1ccccc1N(C)C(=O)c1sc2ncn(CC(=O)N3CCCC[C@H]3C)c(=O)c2c1C. The number of piperidine rings is 1. The Hall–Kier alpha value is -3.00. The molecular weight excluding hydrogens is 436 g/mol. The smallest absolute Gasteiger partial charge is 0.268 e. The van der Waals surface area contributed by atoms with Gasteiger partial charge >= 0.3 is 0 Å². The van der Waals surface area contributed by atoms with Crippen LogP contribution in [0.3, 0.4) is 0 Å². The number of hydrogen-bond donors (Lipinski definition) is 0. The van der Waals surface area contributed by atoms with E-state index in [2.05, 4.69) is 18.8 Å². The summed E-state index contributed by atoms with van der Waals surface area (Å²) in [7, 11) is 1.75. The van der Waals surface area contributed by atoms with Gasteiger partial charge in [0, 0.05) is 25.3 Å². The van der Waals surface area contributed by atoms with E-state index in [-0.39, 0.29) is 30.0 Å². The second kappa shape index (κ2) is 9.47. The summed E-state index contributed by atoms with van der Waals surface area (Å²) in [4.78, 5) is 48.4. The second-order valence-electron chi connectivity index (χ2n) is 8.69. The van der Waals surface area contributed by atoms with Gasteiger partial charge in [0.25, 0.3) is 11.5 Å². The number of carbonyl (C=O) groups is 2. The molecule has 33 heavy (non-hydrogen) atoms. The van der Waals surface area contributed by atoms with Crippen LogP contribution >= 0.6 is 11.3 Å². The lowest BCUT2D eigenvalue weighted by Gasteiger charge is -2.33. The number of thiophene rings is 1. The Balaban J connectivity index is 1.65. The molecule has 1 saturated heterocycles. The molecule has 3 aromatic rings. The van der Waals surface area contributed by atoms with Gasteiger partial charge in [-0.3, -0.25) is 19.0 Å². The summed E-state index contributed by atoms with van der Waals surface area (Å²) < 4.78 is 1.37. The monoisotopic (exact) mass is 466 g/mol. The fourth-order valence-corrected chi connectivity index (χ4v) is 5.69. The van der Waals surface area contributed by atoms with Crippen LogP contribution < -0.4 is 10.5 Å². The van der Waals surface area contributed by atoms with Crippen LogP contribution in [0.2, 0.25) is 0 Å². The summed E-state index contributed by atoms with van der Waals surface area (Å²) >= 11 is 1.23. The average Bonchev–Trinajstić information content (AvgIpc) is 3.17. The highest BCUT2D eigenvalue weighted by Crippen LogP contribution is 2.30. The third-order valence-electron chi connectivity index (χ3n) is 6.58. The Morgan fingerprint density at radius 2 is 2.00 bits per heavy atom. The van der Waals surface area contributed by atoms with Gasteiger partial charge in [-0.05, 0) is 56.7 Å². The molecule has 7 nitrogen and oxygen atoms in total. The number of fused-ring (bicyclic) bond motifs is 1. The summed E-state index contributed by atoms with van der Waals surface area (Å²) in [6.45, 7) is 6.59. The van der Waals surface area contributed by atoms with E-state index >= 15 is 0 Å². The highest BCUT2D eigenvalue weighted by atomic mass is 32.1. The van der Waals surface area contributed by atoms with Gasteiger partial charge in [0.2, 0.25) is 5.91 Å². The topological polar surface area (TPSA) is 75.5 Å². The first-order chi connectivity index (χ1) is 15.8. The summed E-state index contributed by atoms with van der Waals surface area (Å²) in [5.41, 5.74) is 2.28. The molecular formula is C25H30N4O3S. The maximum absolute atomic E-state index is 13.4. The fraction of sp³-hybridized carbons (Fsp3) is 0.440. The van der Waals surface area contributed by atoms with Crippen LogP contribution in [0.1, 0.15) is 53.9 Å². The molecule has 1 aliphatic heterocycles. The van der Waals surface area contributed by atoms with Crippen molar-refractivity contribution in [3.63, 3.8) is 0 Å². The molecule has 0 radical (unpaired) electrons. The molecule has 0 spiro atoms. The van der Waals surface area contributed by atoms with Crippen LogP contribution in [0, 0.1) is 6.92 Å². The lowest BCUT2D eigenvalue weighted by atomic mass is 10.0. The predicted octanol–water partition coefficient (Wildman–Crippen LogP) is 4.01. The van der Waals surface area contributed by atoms with Crippen LogP contribution in [-0.2, 0) is 17.8 Å². The summed E-state index contributed by atoms with van der Waals surface area (Å²) in [5.74, 6) is -0.230. The molecule has 3 heterocycles. The van der Waals surface area contributed by atoms with Crippen molar-refractivity contribution < 1.29 is 9.59 Å². The van der Waals surface area contributed by atoms with Crippen molar-refractivity contribution in [1.82, 2.24) is 14.5 Å². The van der Waals surface area contributed by atoms with Crippen molar-refractivity contribution in [2.75, 3.05) is 18.5 Å². The van der Waals surface area contributed by atoms with Gasteiger partial charge in [-0.2, -0.15) is 0 Å². The van der Waals surface area contributed by atoms with E-state index in [1.165, 1.54) is 22.2 Å². The zero-order valence-corrected chi connectivity index (χ0v) is 20.4. The van der Waals surface area contributed by atoms with Crippen molar-refractivity contribution in [2.24, 2.45) is 0 Å². The Bertz CT molecular complexity index is 1260. The first-order valence-corrected chi connectivity index (χ1v) is 12.3. The Morgan fingerprint density at radius 1 is 1.24 bits per heavy atom. The molecule has 0 unspecified atom stereocenters. The third-order valence-corrected chi connectivity index (χ3v) is 7.77. The van der Waals surface area contributed by atoms with E-state index in [9.17, 15) is 14.4 Å². The predicted molar refractivity (Wildman–Crippen MR) is 132 cm³/mol. The number of para-hydroxylation sites is 1.